The van der Waals surface area contributed by atoms with Gasteiger partial charge in [0.25, 0.3) is 5.91 Å². The number of carbonyl (C=O) groups excluding carboxylic acids is 1. The molecule has 0 aliphatic carbocycles. The van der Waals surface area contributed by atoms with E-state index >= 15 is 0 Å². The molecule has 2 aromatic heterocycles. The van der Waals surface area contributed by atoms with Crippen molar-refractivity contribution < 1.29 is 18.7 Å². The number of carbonyl (C=O) groups is 1. The molecule has 0 spiro atoms. The molecule has 0 N–H and O–H groups in total. The maximum Gasteiger partial charge on any atom is 0.266 e. The molecule has 2 aliphatic heterocycles. The summed E-state index contributed by atoms with van der Waals surface area (Å²) in [6, 6.07) is 3.79. The number of aromatic nitrogens is 1. The van der Waals surface area contributed by atoms with E-state index in [4.69, 9.17) is 13.9 Å². The molecule has 0 aromatic carbocycles. The number of thiazole rings is 1. The normalized spacial score (nSPS) is 21.8. The van der Waals surface area contributed by atoms with E-state index in [1.807, 2.05) is 30.9 Å². The number of amides is 1. The molecular weight excluding hydrogens is 340 g/mol. The fraction of sp³-hybridized carbons (Fsp3) is 0.556. The highest BCUT2D eigenvalue weighted by molar-refractivity contribution is 7.17. The zero-order valence-corrected chi connectivity index (χ0v) is 15.3. The van der Waals surface area contributed by atoms with E-state index in [9.17, 15) is 4.79 Å². The number of hydrogen-bond donors (Lipinski definition) is 0. The Hall–Kier alpha value is -1.70. The molecule has 4 rings (SSSR count). The molecule has 2 saturated heterocycles. The first-order chi connectivity index (χ1) is 12.1. The van der Waals surface area contributed by atoms with Crippen molar-refractivity contribution in [3.05, 3.63) is 28.5 Å². The minimum atomic E-state index is -0.301. The van der Waals surface area contributed by atoms with Gasteiger partial charge in [-0.05, 0) is 45.2 Å². The second-order valence-corrected chi connectivity index (χ2v) is 7.51. The van der Waals surface area contributed by atoms with Crippen LogP contribution in [-0.4, -0.2) is 47.9 Å². The maximum atomic E-state index is 13.2. The Morgan fingerprint density at radius 2 is 2.04 bits per heavy atom. The summed E-state index contributed by atoms with van der Waals surface area (Å²) in [6.07, 6.45) is 2.72. The van der Waals surface area contributed by atoms with Gasteiger partial charge in [-0.3, -0.25) is 4.79 Å². The van der Waals surface area contributed by atoms with E-state index < -0.39 is 0 Å². The lowest BCUT2D eigenvalue weighted by Crippen LogP contribution is -2.50. The summed E-state index contributed by atoms with van der Waals surface area (Å²) in [5, 5.41) is 0.746. The molecule has 4 heterocycles. The van der Waals surface area contributed by atoms with Gasteiger partial charge in [-0.2, -0.15) is 0 Å². The first kappa shape index (κ1) is 16.8. The molecule has 7 heteroatoms. The van der Waals surface area contributed by atoms with Gasteiger partial charge < -0.3 is 18.8 Å². The fourth-order valence-corrected chi connectivity index (χ4v) is 4.46. The molecule has 2 aromatic rings. The second-order valence-electron chi connectivity index (χ2n) is 6.52. The quantitative estimate of drug-likeness (QED) is 0.837. The number of nitrogens with zero attached hydrogens (tertiary/aromatic N) is 2. The Morgan fingerprint density at radius 3 is 2.76 bits per heavy atom. The van der Waals surface area contributed by atoms with E-state index in [0.29, 0.717) is 23.9 Å². The molecule has 0 saturated carbocycles. The summed E-state index contributed by atoms with van der Waals surface area (Å²) in [5.41, 5.74) is 0.747. The van der Waals surface area contributed by atoms with E-state index in [1.165, 1.54) is 11.3 Å². The lowest BCUT2D eigenvalue weighted by molar-refractivity contribution is -0.100. The van der Waals surface area contributed by atoms with Crippen molar-refractivity contribution in [2.45, 2.75) is 45.4 Å². The number of furan rings is 1. The van der Waals surface area contributed by atoms with Crippen LogP contribution in [0.4, 0.5) is 0 Å². The first-order valence-electron chi connectivity index (χ1n) is 8.72. The molecule has 6 nitrogen and oxygen atoms in total. The Bertz CT molecular complexity index is 763. The van der Waals surface area contributed by atoms with Crippen molar-refractivity contribution in [2.75, 3.05) is 19.8 Å². The summed E-state index contributed by atoms with van der Waals surface area (Å²) < 4.78 is 17.0. The molecule has 2 fully saturated rings. The summed E-state index contributed by atoms with van der Waals surface area (Å²) in [4.78, 5) is 20.3. The molecule has 1 atom stereocenters. The number of hydrogen-bond acceptors (Lipinski definition) is 6. The van der Waals surface area contributed by atoms with Gasteiger partial charge in [0.2, 0.25) is 0 Å². The Balaban J connectivity index is 1.59. The second kappa shape index (κ2) is 6.90. The zero-order valence-electron chi connectivity index (χ0n) is 14.5. The van der Waals surface area contributed by atoms with Crippen molar-refractivity contribution in [1.29, 1.82) is 0 Å². The van der Waals surface area contributed by atoms with E-state index in [0.717, 1.165) is 42.3 Å². The third kappa shape index (κ3) is 3.23. The van der Waals surface area contributed by atoms with Crippen LogP contribution in [0.25, 0.3) is 10.8 Å². The molecular formula is C18H22N2O4S. The van der Waals surface area contributed by atoms with E-state index in [2.05, 4.69) is 4.98 Å². The Labute approximate surface area is 150 Å². The largest absolute Gasteiger partial charge is 0.459 e. The number of aryl methyl sites for hydroxylation is 2. The van der Waals surface area contributed by atoms with Gasteiger partial charge in [0.05, 0.1) is 24.9 Å². The molecule has 1 amide bonds. The molecule has 134 valence electrons. The predicted octanol–water partition coefficient (Wildman–Crippen LogP) is 3.39. The lowest BCUT2D eigenvalue weighted by Gasteiger charge is -2.37. The van der Waals surface area contributed by atoms with Crippen LogP contribution < -0.4 is 0 Å². The summed E-state index contributed by atoms with van der Waals surface area (Å²) in [7, 11) is 0. The number of likely N-dealkylation sites (tertiary alicyclic amines) is 1. The van der Waals surface area contributed by atoms with Crippen molar-refractivity contribution in [1.82, 2.24) is 9.88 Å². The van der Waals surface area contributed by atoms with Crippen LogP contribution in [0.15, 0.2) is 16.5 Å². The van der Waals surface area contributed by atoms with Crippen molar-refractivity contribution in [3.63, 3.8) is 0 Å². The van der Waals surface area contributed by atoms with Crippen LogP contribution in [0.3, 0.4) is 0 Å². The summed E-state index contributed by atoms with van der Waals surface area (Å²) >= 11 is 1.39. The average molecular weight is 362 g/mol. The lowest BCUT2D eigenvalue weighted by atomic mass is 10.0. The van der Waals surface area contributed by atoms with Gasteiger partial charge in [0.1, 0.15) is 10.6 Å². The Morgan fingerprint density at radius 1 is 1.24 bits per heavy atom. The van der Waals surface area contributed by atoms with Gasteiger partial charge in [-0.1, -0.05) is 0 Å². The van der Waals surface area contributed by atoms with Crippen LogP contribution in [-0.2, 0) is 9.47 Å². The van der Waals surface area contributed by atoms with Crippen LogP contribution in [0.2, 0.25) is 0 Å². The number of rotatable bonds is 3. The Kier molecular flexibility index (Phi) is 4.62. The van der Waals surface area contributed by atoms with E-state index in [1.54, 1.807) is 0 Å². The third-order valence-corrected chi connectivity index (χ3v) is 5.87. The van der Waals surface area contributed by atoms with Crippen molar-refractivity contribution >= 4 is 17.2 Å². The minimum Gasteiger partial charge on any atom is -0.459 e. The van der Waals surface area contributed by atoms with Crippen LogP contribution in [0.5, 0.6) is 0 Å². The highest BCUT2D eigenvalue weighted by atomic mass is 32.1. The molecule has 2 aliphatic rings. The van der Waals surface area contributed by atoms with Crippen molar-refractivity contribution in [3.8, 4) is 10.8 Å². The van der Waals surface area contributed by atoms with Gasteiger partial charge in [0, 0.05) is 6.54 Å². The standard InChI is InChI=1S/C18H22N2O4S/c1-11-6-7-14(24-11)16-19-12(2)15(25-16)17(21)20-8-4-3-5-13(20)18-22-9-10-23-18/h6-7,13,18H,3-5,8-10H2,1-2H3. The predicted molar refractivity (Wildman–Crippen MR) is 93.7 cm³/mol. The molecule has 1 unspecified atom stereocenters. The third-order valence-electron chi connectivity index (χ3n) is 4.71. The van der Waals surface area contributed by atoms with Crippen LogP contribution in [0, 0.1) is 13.8 Å². The first-order valence-corrected chi connectivity index (χ1v) is 9.53. The summed E-state index contributed by atoms with van der Waals surface area (Å²) in [5.74, 6) is 1.57. The average Bonchev–Trinajstić information content (AvgIpc) is 3.35. The zero-order chi connectivity index (χ0) is 17.4. The van der Waals surface area contributed by atoms with Crippen LogP contribution in [0.1, 0.15) is 40.4 Å². The monoisotopic (exact) mass is 362 g/mol. The fourth-order valence-electron chi connectivity index (χ4n) is 3.47. The van der Waals surface area contributed by atoms with Crippen molar-refractivity contribution in [2.24, 2.45) is 0 Å². The highest BCUT2D eigenvalue weighted by Crippen LogP contribution is 2.32. The molecule has 0 radical (unpaired) electrons. The van der Waals surface area contributed by atoms with Gasteiger partial charge in [-0.25, -0.2) is 4.98 Å². The maximum absolute atomic E-state index is 13.2. The number of ether oxygens (including phenoxy) is 2. The molecule has 0 bridgehead atoms. The van der Waals surface area contributed by atoms with Gasteiger partial charge in [0.15, 0.2) is 17.1 Å². The number of piperidine rings is 1. The van der Waals surface area contributed by atoms with E-state index in [-0.39, 0.29) is 18.2 Å². The topological polar surface area (TPSA) is 64.8 Å². The SMILES string of the molecule is Cc1ccc(-c2nc(C)c(C(=O)N3CCCCC3C3OCCO3)s2)o1. The van der Waals surface area contributed by atoms with Crippen LogP contribution >= 0.6 is 11.3 Å². The van der Waals surface area contributed by atoms with Gasteiger partial charge >= 0.3 is 0 Å². The summed E-state index contributed by atoms with van der Waals surface area (Å²) in [6.45, 7) is 5.72. The minimum absolute atomic E-state index is 0.0143. The highest BCUT2D eigenvalue weighted by Gasteiger charge is 2.37. The smallest absolute Gasteiger partial charge is 0.266 e. The van der Waals surface area contributed by atoms with Gasteiger partial charge in [-0.15, -0.1) is 11.3 Å². The molecule has 25 heavy (non-hydrogen) atoms.